The topological polar surface area (TPSA) is 52.5 Å². The molecule has 0 amide bonds. The van der Waals surface area contributed by atoms with Gasteiger partial charge in [-0.25, -0.2) is 0 Å². The SMILES string of the molecule is CCCCCCCNC(CO)CO. The molecular formula is C10H23NO2. The molecule has 0 heterocycles. The van der Waals surface area contributed by atoms with Crippen molar-refractivity contribution in [2.45, 2.75) is 45.1 Å². The average molecular weight is 189 g/mol. The predicted octanol–water partition coefficient (Wildman–Crippen LogP) is 0.900. The molecule has 0 aromatic heterocycles. The van der Waals surface area contributed by atoms with Gasteiger partial charge in [0.05, 0.1) is 19.3 Å². The Morgan fingerprint density at radius 2 is 1.62 bits per heavy atom. The van der Waals surface area contributed by atoms with E-state index in [0.717, 1.165) is 13.0 Å². The zero-order valence-electron chi connectivity index (χ0n) is 8.63. The highest BCUT2D eigenvalue weighted by atomic mass is 16.3. The molecule has 3 N–H and O–H groups in total. The van der Waals surface area contributed by atoms with Crippen LogP contribution in [0.15, 0.2) is 0 Å². The third-order valence-corrected chi connectivity index (χ3v) is 2.15. The zero-order chi connectivity index (χ0) is 9.94. The number of hydrogen-bond acceptors (Lipinski definition) is 3. The van der Waals surface area contributed by atoms with Gasteiger partial charge in [-0.05, 0) is 13.0 Å². The highest BCUT2D eigenvalue weighted by molar-refractivity contribution is 4.62. The van der Waals surface area contributed by atoms with E-state index >= 15 is 0 Å². The molecule has 3 heteroatoms. The second kappa shape index (κ2) is 9.96. The van der Waals surface area contributed by atoms with Crippen LogP contribution in [0.1, 0.15) is 39.0 Å². The molecule has 0 spiro atoms. The maximum absolute atomic E-state index is 8.74. The second-order valence-electron chi connectivity index (χ2n) is 3.43. The molecule has 3 nitrogen and oxygen atoms in total. The molecule has 0 fully saturated rings. The van der Waals surface area contributed by atoms with Crippen molar-refractivity contribution in [1.29, 1.82) is 0 Å². The zero-order valence-corrected chi connectivity index (χ0v) is 8.63. The second-order valence-corrected chi connectivity index (χ2v) is 3.43. The molecule has 13 heavy (non-hydrogen) atoms. The first-order valence-electron chi connectivity index (χ1n) is 5.30. The minimum Gasteiger partial charge on any atom is -0.395 e. The van der Waals surface area contributed by atoms with Crippen molar-refractivity contribution in [3.8, 4) is 0 Å². The van der Waals surface area contributed by atoms with E-state index in [9.17, 15) is 0 Å². The third-order valence-electron chi connectivity index (χ3n) is 2.15. The fraction of sp³-hybridized carbons (Fsp3) is 1.00. The molecule has 0 saturated carbocycles. The highest BCUT2D eigenvalue weighted by Gasteiger charge is 2.02. The highest BCUT2D eigenvalue weighted by Crippen LogP contribution is 2.01. The van der Waals surface area contributed by atoms with Crippen molar-refractivity contribution < 1.29 is 10.2 Å². The average Bonchev–Trinajstić information content (AvgIpc) is 2.17. The summed E-state index contributed by atoms with van der Waals surface area (Å²) in [5, 5.41) is 20.6. The normalized spacial score (nSPS) is 11.1. The Kier molecular flexibility index (Phi) is 9.87. The summed E-state index contributed by atoms with van der Waals surface area (Å²) in [6, 6.07) is -0.133. The molecule has 0 unspecified atom stereocenters. The molecular weight excluding hydrogens is 166 g/mol. The summed E-state index contributed by atoms with van der Waals surface area (Å²) in [5.41, 5.74) is 0. The lowest BCUT2D eigenvalue weighted by molar-refractivity contribution is 0.171. The maximum Gasteiger partial charge on any atom is 0.0607 e. The smallest absolute Gasteiger partial charge is 0.0607 e. The van der Waals surface area contributed by atoms with Crippen molar-refractivity contribution in [3.05, 3.63) is 0 Å². The molecule has 0 atom stereocenters. The summed E-state index contributed by atoms with van der Waals surface area (Å²) in [4.78, 5) is 0. The fourth-order valence-electron chi connectivity index (χ4n) is 1.22. The van der Waals surface area contributed by atoms with Gasteiger partial charge in [0.25, 0.3) is 0 Å². The van der Waals surface area contributed by atoms with Gasteiger partial charge in [0.1, 0.15) is 0 Å². The van der Waals surface area contributed by atoms with Crippen LogP contribution in [0, 0.1) is 0 Å². The number of rotatable bonds is 9. The monoisotopic (exact) mass is 189 g/mol. The summed E-state index contributed by atoms with van der Waals surface area (Å²) >= 11 is 0. The lowest BCUT2D eigenvalue weighted by Gasteiger charge is -2.12. The standard InChI is InChI=1S/C10H23NO2/c1-2-3-4-5-6-7-11-10(8-12)9-13/h10-13H,2-9H2,1H3. The van der Waals surface area contributed by atoms with Crippen LogP contribution in [0.3, 0.4) is 0 Å². The summed E-state index contributed by atoms with van der Waals surface area (Å²) in [6.07, 6.45) is 6.24. The van der Waals surface area contributed by atoms with Crippen LogP contribution < -0.4 is 5.32 Å². The lowest BCUT2D eigenvalue weighted by atomic mass is 10.1. The Hall–Kier alpha value is -0.120. The number of nitrogens with one attached hydrogen (secondary N) is 1. The summed E-state index contributed by atoms with van der Waals surface area (Å²) in [5.74, 6) is 0. The Bertz CT molecular complexity index is 94.9. The van der Waals surface area contributed by atoms with E-state index in [2.05, 4.69) is 12.2 Å². The van der Waals surface area contributed by atoms with Gasteiger partial charge in [0, 0.05) is 0 Å². The molecule has 0 aromatic carbocycles. The molecule has 0 radical (unpaired) electrons. The van der Waals surface area contributed by atoms with Crippen LogP contribution in [-0.4, -0.2) is 36.0 Å². The Morgan fingerprint density at radius 1 is 1.00 bits per heavy atom. The van der Waals surface area contributed by atoms with E-state index < -0.39 is 0 Å². The molecule has 0 aliphatic carbocycles. The van der Waals surface area contributed by atoms with Crippen LogP contribution in [-0.2, 0) is 0 Å². The van der Waals surface area contributed by atoms with Crippen LogP contribution in [0.4, 0.5) is 0 Å². The Balaban J connectivity index is 3.05. The molecule has 0 saturated heterocycles. The molecule has 0 bridgehead atoms. The van der Waals surface area contributed by atoms with Gasteiger partial charge in [0.2, 0.25) is 0 Å². The molecule has 80 valence electrons. The Labute approximate surface area is 81.2 Å². The summed E-state index contributed by atoms with van der Waals surface area (Å²) in [7, 11) is 0. The number of unbranched alkanes of at least 4 members (excludes halogenated alkanes) is 4. The maximum atomic E-state index is 8.74. The van der Waals surface area contributed by atoms with Crippen molar-refractivity contribution in [1.82, 2.24) is 5.32 Å². The van der Waals surface area contributed by atoms with Gasteiger partial charge in [-0.3, -0.25) is 0 Å². The van der Waals surface area contributed by atoms with Crippen molar-refractivity contribution in [2.24, 2.45) is 0 Å². The number of hydrogen-bond donors (Lipinski definition) is 3. The largest absolute Gasteiger partial charge is 0.395 e. The van der Waals surface area contributed by atoms with Crippen molar-refractivity contribution in [2.75, 3.05) is 19.8 Å². The Morgan fingerprint density at radius 3 is 2.15 bits per heavy atom. The first-order valence-corrected chi connectivity index (χ1v) is 5.30. The van der Waals surface area contributed by atoms with Crippen LogP contribution in [0.2, 0.25) is 0 Å². The fourth-order valence-corrected chi connectivity index (χ4v) is 1.22. The van der Waals surface area contributed by atoms with E-state index in [1.807, 2.05) is 0 Å². The van der Waals surface area contributed by atoms with Crippen molar-refractivity contribution in [3.63, 3.8) is 0 Å². The van der Waals surface area contributed by atoms with Gasteiger partial charge < -0.3 is 15.5 Å². The predicted molar refractivity (Wildman–Crippen MR) is 54.7 cm³/mol. The minimum atomic E-state index is -0.133. The third kappa shape index (κ3) is 8.22. The first kappa shape index (κ1) is 12.9. The number of aliphatic hydroxyl groups is 2. The van der Waals surface area contributed by atoms with E-state index in [1.54, 1.807) is 0 Å². The number of aliphatic hydroxyl groups excluding tert-OH is 2. The molecule has 0 rings (SSSR count). The van der Waals surface area contributed by atoms with Gasteiger partial charge >= 0.3 is 0 Å². The van der Waals surface area contributed by atoms with E-state index in [4.69, 9.17) is 10.2 Å². The molecule has 0 aliphatic heterocycles. The van der Waals surface area contributed by atoms with E-state index in [-0.39, 0.29) is 19.3 Å². The van der Waals surface area contributed by atoms with Gasteiger partial charge in [-0.2, -0.15) is 0 Å². The van der Waals surface area contributed by atoms with Gasteiger partial charge in [-0.1, -0.05) is 32.6 Å². The van der Waals surface area contributed by atoms with Gasteiger partial charge in [-0.15, -0.1) is 0 Å². The van der Waals surface area contributed by atoms with E-state index in [0.29, 0.717) is 0 Å². The van der Waals surface area contributed by atoms with Gasteiger partial charge in [0.15, 0.2) is 0 Å². The molecule has 0 aromatic rings. The lowest BCUT2D eigenvalue weighted by Crippen LogP contribution is -2.36. The minimum absolute atomic E-state index is 0.0193. The quantitative estimate of drug-likeness (QED) is 0.472. The summed E-state index contributed by atoms with van der Waals surface area (Å²) < 4.78 is 0. The van der Waals surface area contributed by atoms with Crippen molar-refractivity contribution >= 4 is 0 Å². The van der Waals surface area contributed by atoms with Crippen LogP contribution in [0.25, 0.3) is 0 Å². The van der Waals surface area contributed by atoms with Crippen LogP contribution in [0.5, 0.6) is 0 Å². The van der Waals surface area contributed by atoms with E-state index in [1.165, 1.54) is 25.7 Å². The van der Waals surface area contributed by atoms with Crippen LogP contribution >= 0.6 is 0 Å². The summed E-state index contributed by atoms with van der Waals surface area (Å²) in [6.45, 7) is 3.14. The molecule has 0 aliphatic rings. The first-order chi connectivity index (χ1) is 6.35.